The molecule has 124 valence electrons. The van der Waals surface area contributed by atoms with Crippen LogP contribution in [0.2, 0.25) is 5.02 Å². The molecule has 1 aromatic carbocycles. The second kappa shape index (κ2) is 8.38. The van der Waals surface area contributed by atoms with Crippen molar-refractivity contribution in [2.75, 3.05) is 6.54 Å². The number of aromatic nitrogens is 3. The van der Waals surface area contributed by atoms with Crippen molar-refractivity contribution in [1.29, 1.82) is 0 Å². The van der Waals surface area contributed by atoms with Crippen LogP contribution in [0.5, 0.6) is 5.75 Å². The third-order valence-electron chi connectivity index (χ3n) is 3.02. The van der Waals surface area contributed by atoms with Crippen molar-refractivity contribution in [3.63, 3.8) is 0 Å². The molecule has 0 spiro atoms. The first-order chi connectivity index (χ1) is 11.0. The van der Waals surface area contributed by atoms with Crippen molar-refractivity contribution in [3.8, 4) is 5.75 Å². The van der Waals surface area contributed by atoms with E-state index in [0.717, 1.165) is 0 Å². The van der Waals surface area contributed by atoms with E-state index in [0.29, 0.717) is 23.9 Å². The van der Waals surface area contributed by atoms with Crippen LogP contribution >= 0.6 is 11.6 Å². The molecular formula is C15H20ClN5O2. The van der Waals surface area contributed by atoms with Crippen molar-refractivity contribution in [1.82, 2.24) is 25.4 Å². The first kappa shape index (κ1) is 17.1. The van der Waals surface area contributed by atoms with Gasteiger partial charge in [0.15, 0.2) is 0 Å². The Bertz CT molecular complexity index is 620. The van der Waals surface area contributed by atoms with Crippen LogP contribution in [0.1, 0.15) is 13.8 Å². The smallest absolute Gasteiger partial charge is 0.315 e. The molecule has 2 rings (SSSR count). The van der Waals surface area contributed by atoms with E-state index in [-0.39, 0.29) is 18.2 Å². The van der Waals surface area contributed by atoms with Crippen molar-refractivity contribution in [3.05, 3.63) is 41.9 Å². The highest BCUT2D eigenvalue weighted by Crippen LogP contribution is 2.23. The molecule has 0 saturated carbocycles. The molecule has 0 aliphatic carbocycles. The summed E-state index contributed by atoms with van der Waals surface area (Å²) in [5.41, 5.74) is 0. The van der Waals surface area contributed by atoms with Crippen molar-refractivity contribution in [2.24, 2.45) is 0 Å². The Balaban J connectivity index is 1.70. The van der Waals surface area contributed by atoms with Crippen LogP contribution in [0.4, 0.5) is 4.79 Å². The standard InChI is InChI=1S/C15H20ClN5O2/c1-11(8-21-10-17-9-19-21)20-15(22)18-7-12(2)23-14-6-4-3-5-13(14)16/h3-6,9-12H,7-8H2,1-2H3,(H2,18,20,22)/t11-,12-/m1/s1. The Morgan fingerprint density at radius 1 is 1.39 bits per heavy atom. The van der Waals surface area contributed by atoms with Gasteiger partial charge in [-0.05, 0) is 26.0 Å². The minimum absolute atomic E-state index is 0.0727. The molecule has 8 heteroatoms. The Morgan fingerprint density at radius 3 is 2.87 bits per heavy atom. The van der Waals surface area contributed by atoms with Gasteiger partial charge in [0.1, 0.15) is 24.5 Å². The topological polar surface area (TPSA) is 81.1 Å². The van der Waals surface area contributed by atoms with E-state index in [1.165, 1.54) is 6.33 Å². The second-order valence-corrected chi connectivity index (χ2v) is 5.64. The minimum Gasteiger partial charge on any atom is -0.487 e. The van der Waals surface area contributed by atoms with E-state index >= 15 is 0 Å². The normalized spacial score (nSPS) is 13.2. The highest BCUT2D eigenvalue weighted by Gasteiger charge is 2.11. The van der Waals surface area contributed by atoms with Gasteiger partial charge in [-0.3, -0.25) is 4.68 Å². The molecular weight excluding hydrogens is 318 g/mol. The number of carbonyl (C=O) groups excluding carboxylic acids is 1. The molecule has 0 saturated heterocycles. The summed E-state index contributed by atoms with van der Waals surface area (Å²) in [6.07, 6.45) is 2.86. The SMILES string of the molecule is C[C@H](Cn1cncn1)NC(=O)NC[C@@H](C)Oc1ccccc1Cl. The van der Waals surface area contributed by atoms with Gasteiger partial charge in [0, 0.05) is 6.04 Å². The number of carbonyl (C=O) groups is 1. The fourth-order valence-corrected chi connectivity index (χ4v) is 2.14. The molecule has 2 atom stereocenters. The summed E-state index contributed by atoms with van der Waals surface area (Å²) < 4.78 is 7.35. The lowest BCUT2D eigenvalue weighted by atomic mass is 10.3. The summed E-state index contributed by atoms with van der Waals surface area (Å²) in [6, 6.07) is 6.90. The molecule has 0 radical (unpaired) electrons. The summed E-state index contributed by atoms with van der Waals surface area (Å²) in [5, 5.41) is 10.1. The molecule has 0 bridgehead atoms. The maximum atomic E-state index is 11.9. The average Bonchev–Trinajstić information content (AvgIpc) is 3.00. The highest BCUT2D eigenvalue weighted by molar-refractivity contribution is 6.32. The lowest BCUT2D eigenvalue weighted by Crippen LogP contribution is -2.45. The van der Waals surface area contributed by atoms with Crippen LogP contribution < -0.4 is 15.4 Å². The summed E-state index contributed by atoms with van der Waals surface area (Å²) in [6.45, 7) is 4.68. The molecule has 1 heterocycles. The fourth-order valence-electron chi connectivity index (χ4n) is 1.96. The van der Waals surface area contributed by atoms with Crippen LogP contribution in [-0.4, -0.2) is 39.5 Å². The molecule has 2 aromatic rings. The van der Waals surface area contributed by atoms with Gasteiger partial charge in [-0.25, -0.2) is 9.78 Å². The quantitative estimate of drug-likeness (QED) is 0.810. The van der Waals surface area contributed by atoms with Crippen molar-refractivity contribution < 1.29 is 9.53 Å². The second-order valence-electron chi connectivity index (χ2n) is 5.23. The summed E-state index contributed by atoms with van der Waals surface area (Å²) in [7, 11) is 0. The van der Waals surface area contributed by atoms with Crippen LogP contribution in [0.25, 0.3) is 0 Å². The molecule has 0 unspecified atom stereocenters. The number of urea groups is 1. The maximum absolute atomic E-state index is 11.9. The van der Waals surface area contributed by atoms with Gasteiger partial charge in [-0.1, -0.05) is 23.7 Å². The van der Waals surface area contributed by atoms with Gasteiger partial charge in [-0.15, -0.1) is 0 Å². The minimum atomic E-state index is -0.257. The lowest BCUT2D eigenvalue weighted by molar-refractivity contribution is 0.206. The number of nitrogens with one attached hydrogen (secondary N) is 2. The molecule has 23 heavy (non-hydrogen) atoms. The Hall–Kier alpha value is -2.28. The zero-order valence-corrected chi connectivity index (χ0v) is 13.8. The Labute approximate surface area is 140 Å². The number of halogens is 1. The van der Waals surface area contributed by atoms with Gasteiger partial charge in [0.25, 0.3) is 0 Å². The summed E-state index contributed by atoms with van der Waals surface area (Å²) >= 11 is 6.03. The number of hydrogen-bond donors (Lipinski definition) is 2. The molecule has 0 aliphatic rings. The molecule has 0 aliphatic heterocycles. The number of hydrogen-bond acceptors (Lipinski definition) is 4. The zero-order valence-electron chi connectivity index (χ0n) is 13.1. The number of benzene rings is 1. The molecule has 1 aromatic heterocycles. The zero-order chi connectivity index (χ0) is 16.7. The van der Waals surface area contributed by atoms with Gasteiger partial charge >= 0.3 is 6.03 Å². The third-order valence-corrected chi connectivity index (χ3v) is 3.33. The largest absolute Gasteiger partial charge is 0.487 e. The van der Waals surface area contributed by atoms with Crippen molar-refractivity contribution in [2.45, 2.75) is 32.5 Å². The van der Waals surface area contributed by atoms with E-state index < -0.39 is 0 Å². The summed E-state index contributed by atoms with van der Waals surface area (Å²) in [5.74, 6) is 0.600. The molecule has 2 N–H and O–H groups in total. The Kier molecular flexibility index (Phi) is 6.22. The molecule has 7 nitrogen and oxygen atoms in total. The third kappa shape index (κ3) is 5.78. The maximum Gasteiger partial charge on any atom is 0.315 e. The number of ether oxygens (including phenoxy) is 1. The van der Waals surface area contributed by atoms with E-state index in [1.54, 1.807) is 23.1 Å². The number of amides is 2. The molecule has 2 amide bonds. The van der Waals surface area contributed by atoms with Crippen LogP contribution in [-0.2, 0) is 6.54 Å². The van der Waals surface area contributed by atoms with Gasteiger partial charge in [0.05, 0.1) is 18.1 Å². The van der Waals surface area contributed by atoms with Gasteiger partial charge in [-0.2, -0.15) is 5.10 Å². The predicted molar refractivity (Wildman–Crippen MR) is 87.6 cm³/mol. The van der Waals surface area contributed by atoms with Crippen LogP contribution in [0.3, 0.4) is 0 Å². The highest BCUT2D eigenvalue weighted by atomic mass is 35.5. The first-order valence-electron chi connectivity index (χ1n) is 7.32. The summed E-state index contributed by atoms with van der Waals surface area (Å²) in [4.78, 5) is 15.7. The van der Waals surface area contributed by atoms with Crippen LogP contribution in [0.15, 0.2) is 36.9 Å². The monoisotopic (exact) mass is 337 g/mol. The van der Waals surface area contributed by atoms with Crippen LogP contribution in [0, 0.1) is 0 Å². The lowest BCUT2D eigenvalue weighted by Gasteiger charge is -2.18. The number of para-hydroxylation sites is 1. The van der Waals surface area contributed by atoms with E-state index in [1.807, 2.05) is 26.0 Å². The predicted octanol–water partition coefficient (Wildman–Crippen LogP) is 2.09. The van der Waals surface area contributed by atoms with E-state index in [2.05, 4.69) is 20.7 Å². The first-order valence-corrected chi connectivity index (χ1v) is 7.70. The average molecular weight is 338 g/mol. The molecule has 0 fully saturated rings. The number of nitrogens with zero attached hydrogens (tertiary/aromatic N) is 3. The number of rotatable bonds is 7. The van der Waals surface area contributed by atoms with E-state index in [9.17, 15) is 4.79 Å². The Morgan fingerprint density at radius 2 is 2.17 bits per heavy atom. The fraction of sp³-hybridized carbons (Fsp3) is 0.400. The van der Waals surface area contributed by atoms with Gasteiger partial charge < -0.3 is 15.4 Å². The van der Waals surface area contributed by atoms with E-state index in [4.69, 9.17) is 16.3 Å². The van der Waals surface area contributed by atoms with Gasteiger partial charge in [0.2, 0.25) is 0 Å². The van der Waals surface area contributed by atoms with Crippen molar-refractivity contribution >= 4 is 17.6 Å².